The van der Waals surface area contributed by atoms with Gasteiger partial charge in [0, 0.05) is 22.9 Å². The first kappa shape index (κ1) is 24.7. The Morgan fingerprint density at radius 1 is 1.03 bits per heavy atom. The number of aromatic amines is 1. The number of nitrogens with one attached hydrogen (secondary N) is 1. The number of nitro groups is 1. The number of aromatic nitrogens is 2. The molecule has 38 heavy (non-hydrogen) atoms. The monoisotopic (exact) mass is 512 g/mol. The summed E-state index contributed by atoms with van der Waals surface area (Å²) in [5.74, 6) is -0.177. The highest BCUT2D eigenvalue weighted by Gasteiger charge is 2.45. The van der Waals surface area contributed by atoms with Crippen LogP contribution in [0.4, 0.5) is 11.4 Å². The van der Waals surface area contributed by atoms with E-state index in [1.807, 2.05) is 31.2 Å². The third-order valence-electron chi connectivity index (χ3n) is 6.29. The average molecular weight is 513 g/mol. The van der Waals surface area contributed by atoms with Crippen LogP contribution in [-0.4, -0.2) is 40.2 Å². The molecule has 0 saturated heterocycles. The van der Waals surface area contributed by atoms with Crippen molar-refractivity contribution in [2.45, 2.75) is 19.9 Å². The summed E-state index contributed by atoms with van der Waals surface area (Å²) in [4.78, 5) is 38.9. The van der Waals surface area contributed by atoms with Crippen molar-refractivity contribution >= 4 is 23.3 Å². The Kier molecular flexibility index (Phi) is 6.61. The number of esters is 1. The topological polar surface area (TPSA) is 128 Å². The number of benzene rings is 3. The van der Waals surface area contributed by atoms with Crippen LogP contribution in [0, 0.1) is 10.1 Å². The third-order valence-corrected chi connectivity index (χ3v) is 6.29. The van der Waals surface area contributed by atoms with Crippen LogP contribution in [0.2, 0.25) is 0 Å². The number of hydrogen-bond acceptors (Lipinski definition) is 7. The zero-order chi connectivity index (χ0) is 26.8. The maximum absolute atomic E-state index is 13.7. The number of H-pyrrole nitrogens is 1. The van der Waals surface area contributed by atoms with Crippen LogP contribution in [0.1, 0.15) is 51.9 Å². The largest absolute Gasteiger partial charge is 0.494 e. The lowest BCUT2D eigenvalue weighted by Crippen LogP contribution is -2.29. The predicted molar refractivity (Wildman–Crippen MR) is 139 cm³/mol. The SMILES string of the molecule is CCOC(=O)c1ccc(N2C(=O)c3[nH]nc(-c4ccc(OCC)cc4)c3[C@H]2c2ccccc2[N+](=O)[O-])cc1. The molecule has 2 heterocycles. The van der Waals surface area contributed by atoms with E-state index < -0.39 is 22.8 Å². The molecule has 0 spiro atoms. The molecule has 4 aromatic rings. The van der Waals surface area contributed by atoms with Gasteiger partial charge in [-0.2, -0.15) is 5.10 Å². The summed E-state index contributed by atoms with van der Waals surface area (Å²) in [6.07, 6.45) is 0. The van der Waals surface area contributed by atoms with Crippen molar-refractivity contribution < 1.29 is 24.0 Å². The van der Waals surface area contributed by atoms with E-state index in [-0.39, 0.29) is 18.0 Å². The number of amides is 1. The minimum absolute atomic E-state index is 0.120. The van der Waals surface area contributed by atoms with Gasteiger partial charge in [0.05, 0.1) is 41.0 Å². The Bertz CT molecular complexity index is 1510. The molecule has 10 heteroatoms. The molecule has 1 aliphatic heterocycles. The van der Waals surface area contributed by atoms with Crippen LogP contribution in [0.5, 0.6) is 5.75 Å². The van der Waals surface area contributed by atoms with E-state index in [0.717, 1.165) is 5.56 Å². The van der Waals surface area contributed by atoms with Gasteiger partial charge in [-0.25, -0.2) is 4.79 Å². The molecule has 0 bridgehead atoms. The summed E-state index contributed by atoms with van der Waals surface area (Å²) >= 11 is 0. The van der Waals surface area contributed by atoms with E-state index in [2.05, 4.69) is 10.2 Å². The normalized spacial score (nSPS) is 14.3. The van der Waals surface area contributed by atoms with Crippen LogP contribution in [-0.2, 0) is 4.74 Å². The standard InChI is InChI=1S/C28H24N4O6/c1-3-37-20-15-11-17(12-16-20)24-23-25(30-29-24)27(33)31(19-13-9-18(10-14-19)28(34)38-4-2)26(23)21-7-5-6-8-22(21)32(35)36/h5-16,26H,3-4H2,1-2H3,(H,29,30)/t26-/m1/s1. The second-order valence-electron chi connectivity index (χ2n) is 8.48. The zero-order valence-corrected chi connectivity index (χ0v) is 20.7. The summed E-state index contributed by atoms with van der Waals surface area (Å²) in [5, 5.41) is 19.3. The van der Waals surface area contributed by atoms with Crippen LogP contribution < -0.4 is 9.64 Å². The van der Waals surface area contributed by atoms with E-state index in [4.69, 9.17) is 9.47 Å². The molecule has 1 atom stereocenters. The summed E-state index contributed by atoms with van der Waals surface area (Å²) in [6.45, 7) is 4.37. The fourth-order valence-corrected chi connectivity index (χ4v) is 4.66. The Labute approximate surface area is 218 Å². The van der Waals surface area contributed by atoms with Gasteiger partial charge in [-0.05, 0) is 68.4 Å². The molecule has 1 amide bonds. The van der Waals surface area contributed by atoms with E-state index in [9.17, 15) is 19.7 Å². The van der Waals surface area contributed by atoms with Crippen molar-refractivity contribution in [3.05, 3.63) is 105 Å². The smallest absolute Gasteiger partial charge is 0.338 e. The molecule has 1 aromatic heterocycles. The quantitative estimate of drug-likeness (QED) is 0.192. The molecule has 1 aliphatic rings. The molecule has 192 valence electrons. The minimum Gasteiger partial charge on any atom is -0.494 e. The second kappa shape index (κ2) is 10.2. The number of ether oxygens (including phenoxy) is 2. The minimum atomic E-state index is -0.840. The maximum atomic E-state index is 13.7. The van der Waals surface area contributed by atoms with E-state index in [1.165, 1.54) is 11.0 Å². The summed E-state index contributed by atoms with van der Waals surface area (Å²) < 4.78 is 10.6. The van der Waals surface area contributed by atoms with Crippen molar-refractivity contribution in [2.75, 3.05) is 18.1 Å². The molecule has 0 saturated carbocycles. The highest BCUT2D eigenvalue weighted by molar-refractivity contribution is 6.12. The van der Waals surface area contributed by atoms with Gasteiger partial charge in [0.2, 0.25) is 0 Å². The molecule has 1 N–H and O–H groups in total. The lowest BCUT2D eigenvalue weighted by atomic mass is 9.94. The molecular weight excluding hydrogens is 488 g/mol. The molecule has 0 fully saturated rings. The Morgan fingerprint density at radius 2 is 1.74 bits per heavy atom. The van der Waals surface area contributed by atoms with Crippen LogP contribution in [0.25, 0.3) is 11.3 Å². The molecule has 3 aromatic carbocycles. The number of nitro benzene ring substituents is 1. The number of hydrogen-bond donors (Lipinski definition) is 1. The molecule has 5 rings (SSSR count). The first-order valence-corrected chi connectivity index (χ1v) is 12.1. The number of rotatable bonds is 8. The van der Waals surface area contributed by atoms with Crippen molar-refractivity contribution in [1.82, 2.24) is 10.2 Å². The van der Waals surface area contributed by atoms with Crippen molar-refractivity contribution in [1.29, 1.82) is 0 Å². The molecule has 0 aliphatic carbocycles. The van der Waals surface area contributed by atoms with Gasteiger partial charge < -0.3 is 9.47 Å². The van der Waals surface area contributed by atoms with Crippen molar-refractivity contribution in [3.63, 3.8) is 0 Å². The average Bonchev–Trinajstić information content (AvgIpc) is 3.48. The zero-order valence-electron chi connectivity index (χ0n) is 20.7. The van der Waals surface area contributed by atoms with Crippen LogP contribution >= 0.6 is 0 Å². The third kappa shape index (κ3) is 4.26. The van der Waals surface area contributed by atoms with Gasteiger partial charge in [0.25, 0.3) is 11.6 Å². The molecule has 0 unspecified atom stereocenters. The van der Waals surface area contributed by atoms with Gasteiger partial charge >= 0.3 is 5.97 Å². The lowest BCUT2D eigenvalue weighted by Gasteiger charge is -2.26. The Hall–Kier alpha value is -4.99. The summed E-state index contributed by atoms with van der Waals surface area (Å²) in [7, 11) is 0. The highest BCUT2D eigenvalue weighted by atomic mass is 16.6. The number of carbonyl (C=O) groups is 2. The van der Waals surface area contributed by atoms with E-state index >= 15 is 0 Å². The maximum Gasteiger partial charge on any atom is 0.338 e. The molecular formula is C28H24N4O6. The first-order chi connectivity index (χ1) is 18.4. The van der Waals surface area contributed by atoms with E-state index in [0.29, 0.717) is 40.4 Å². The number of fused-ring (bicyclic) bond motifs is 1. The number of nitrogens with zero attached hydrogens (tertiary/aromatic N) is 3. The fraction of sp³-hybridized carbons (Fsp3) is 0.179. The van der Waals surface area contributed by atoms with Gasteiger partial charge in [0.1, 0.15) is 11.4 Å². The van der Waals surface area contributed by atoms with Gasteiger partial charge in [-0.3, -0.25) is 24.9 Å². The highest BCUT2D eigenvalue weighted by Crippen LogP contribution is 2.47. The summed E-state index contributed by atoms with van der Waals surface area (Å²) in [5.41, 5.74) is 3.02. The Balaban J connectivity index is 1.66. The Morgan fingerprint density at radius 3 is 2.39 bits per heavy atom. The van der Waals surface area contributed by atoms with Crippen molar-refractivity contribution in [3.8, 4) is 17.0 Å². The molecule has 10 nitrogen and oxygen atoms in total. The summed E-state index contributed by atoms with van der Waals surface area (Å²) in [6, 6.07) is 19.2. The van der Waals surface area contributed by atoms with Crippen molar-refractivity contribution in [2.24, 2.45) is 0 Å². The van der Waals surface area contributed by atoms with Crippen LogP contribution in [0.3, 0.4) is 0 Å². The van der Waals surface area contributed by atoms with Gasteiger partial charge in [-0.15, -0.1) is 0 Å². The van der Waals surface area contributed by atoms with Gasteiger partial charge in [-0.1, -0.05) is 12.1 Å². The number of anilines is 1. The second-order valence-corrected chi connectivity index (χ2v) is 8.48. The molecule has 0 radical (unpaired) electrons. The number of carbonyl (C=O) groups excluding carboxylic acids is 2. The van der Waals surface area contributed by atoms with E-state index in [1.54, 1.807) is 49.4 Å². The number of para-hydroxylation sites is 1. The lowest BCUT2D eigenvalue weighted by molar-refractivity contribution is -0.385. The van der Waals surface area contributed by atoms with Gasteiger partial charge in [0.15, 0.2) is 0 Å². The van der Waals surface area contributed by atoms with Crippen LogP contribution in [0.15, 0.2) is 72.8 Å². The first-order valence-electron chi connectivity index (χ1n) is 12.1. The predicted octanol–water partition coefficient (Wildman–Crippen LogP) is 5.31. The fourth-order valence-electron chi connectivity index (χ4n) is 4.66.